The summed E-state index contributed by atoms with van der Waals surface area (Å²) in [6.45, 7) is 4.49. The zero-order valence-corrected chi connectivity index (χ0v) is 16.3. The highest BCUT2D eigenvalue weighted by Gasteiger charge is 2.11. The Kier molecular flexibility index (Phi) is 7.65. The van der Waals surface area contributed by atoms with E-state index in [-0.39, 0.29) is 5.91 Å². The summed E-state index contributed by atoms with van der Waals surface area (Å²) in [7, 11) is 0. The minimum absolute atomic E-state index is 0.0448. The average molecular weight is 372 g/mol. The summed E-state index contributed by atoms with van der Waals surface area (Å²) < 4.78 is 0. The van der Waals surface area contributed by atoms with Crippen LogP contribution >= 0.6 is 11.3 Å². The number of amides is 1. The molecular formula is C21H29N3OS. The van der Waals surface area contributed by atoms with E-state index >= 15 is 0 Å². The second-order valence-electron chi connectivity index (χ2n) is 7.01. The zero-order chi connectivity index (χ0) is 18.0. The number of carbonyl (C=O) groups excluding carboxylic acids is 1. The molecule has 1 fully saturated rings. The maximum absolute atomic E-state index is 12.2. The van der Waals surface area contributed by atoms with Crippen molar-refractivity contribution >= 4 is 17.2 Å². The van der Waals surface area contributed by atoms with E-state index in [0.29, 0.717) is 5.69 Å². The highest BCUT2D eigenvalue weighted by molar-refractivity contribution is 7.09. The Morgan fingerprint density at radius 2 is 1.88 bits per heavy atom. The summed E-state index contributed by atoms with van der Waals surface area (Å²) in [5.74, 6) is -0.0448. The summed E-state index contributed by atoms with van der Waals surface area (Å²) in [4.78, 5) is 19.3. The highest BCUT2D eigenvalue weighted by Crippen LogP contribution is 2.15. The molecule has 1 N–H and O–H groups in total. The fraction of sp³-hybridized carbons (Fsp3) is 0.524. The van der Waals surface area contributed by atoms with Gasteiger partial charge in [-0.25, -0.2) is 4.98 Å². The van der Waals surface area contributed by atoms with Crippen molar-refractivity contribution in [3.05, 3.63) is 52.0 Å². The Balaban J connectivity index is 1.31. The van der Waals surface area contributed by atoms with E-state index in [1.54, 1.807) is 11.3 Å². The number of hydrogen-bond acceptors (Lipinski definition) is 4. The number of hydrogen-bond donors (Lipinski definition) is 1. The molecule has 1 amide bonds. The fourth-order valence-corrected chi connectivity index (χ4v) is 4.19. The van der Waals surface area contributed by atoms with Gasteiger partial charge in [0.25, 0.3) is 5.91 Å². The van der Waals surface area contributed by atoms with Crippen LogP contribution in [0.25, 0.3) is 0 Å². The lowest BCUT2D eigenvalue weighted by Crippen LogP contribution is -2.30. The highest BCUT2D eigenvalue weighted by atomic mass is 32.1. The first-order valence-corrected chi connectivity index (χ1v) is 10.7. The van der Waals surface area contributed by atoms with Crippen LogP contribution in [0.4, 0.5) is 0 Å². The van der Waals surface area contributed by atoms with E-state index in [1.165, 1.54) is 57.3 Å². The molecule has 1 aromatic heterocycles. The molecule has 0 unspecified atom stereocenters. The number of piperidine rings is 1. The second-order valence-corrected chi connectivity index (χ2v) is 7.95. The zero-order valence-electron chi connectivity index (χ0n) is 15.5. The van der Waals surface area contributed by atoms with E-state index in [1.807, 2.05) is 23.6 Å². The largest absolute Gasteiger partial charge is 0.351 e. The molecule has 1 aromatic carbocycles. The maximum Gasteiger partial charge on any atom is 0.270 e. The lowest BCUT2D eigenvalue weighted by molar-refractivity contribution is 0.0948. The normalized spacial score (nSPS) is 15.1. The lowest BCUT2D eigenvalue weighted by atomic mass is 10.1. The van der Waals surface area contributed by atoms with Gasteiger partial charge in [-0.15, -0.1) is 11.3 Å². The van der Waals surface area contributed by atoms with Gasteiger partial charge in [0.1, 0.15) is 5.69 Å². The van der Waals surface area contributed by atoms with Crippen LogP contribution in [0.15, 0.2) is 35.7 Å². The van der Waals surface area contributed by atoms with Gasteiger partial charge >= 0.3 is 0 Å². The van der Waals surface area contributed by atoms with Crippen LogP contribution in [-0.2, 0) is 6.42 Å². The average Bonchev–Trinajstić information content (AvgIpc) is 3.14. The summed E-state index contributed by atoms with van der Waals surface area (Å²) in [5, 5.41) is 5.86. The fourth-order valence-electron chi connectivity index (χ4n) is 3.38. The van der Waals surface area contributed by atoms with Crippen molar-refractivity contribution < 1.29 is 4.79 Å². The Morgan fingerprint density at radius 3 is 2.69 bits per heavy atom. The molecule has 0 aliphatic carbocycles. The number of benzene rings is 1. The van der Waals surface area contributed by atoms with Crippen LogP contribution in [0.3, 0.4) is 0 Å². The Morgan fingerprint density at radius 1 is 1.08 bits per heavy atom. The van der Waals surface area contributed by atoms with E-state index in [9.17, 15) is 4.79 Å². The van der Waals surface area contributed by atoms with Gasteiger partial charge < -0.3 is 10.2 Å². The maximum atomic E-state index is 12.2. The van der Waals surface area contributed by atoms with Crippen LogP contribution in [0.2, 0.25) is 0 Å². The minimum Gasteiger partial charge on any atom is -0.351 e. The number of rotatable bonds is 9. The van der Waals surface area contributed by atoms with Gasteiger partial charge in [-0.2, -0.15) is 0 Å². The van der Waals surface area contributed by atoms with Crippen molar-refractivity contribution in [1.82, 2.24) is 15.2 Å². The van der Waals surface area contributed by atoms with E-state index in [4.69, 9.17) is 0 Å². The standard InChI is InChI=1S/C21H29N3OS/c25-21(22-12-6-2-7-13-24-14-8-3-9-15-24)19-17-26-20(23-19)16-18-10-4-1-5-11-18/h1,4-5,10-11,17H,2-3,6-9,12-16H2,(H,22,25). The molecule has 5 heteroatoms. The molecule has 2 heterocycles. The molecule has 0 atom stereocenters. The Hall–Kier alpha value is -1.72. The minimum atomic E-state index is -0.0448. The van der Waals surface area contributed by atoms with Crippen LogP contribution in [0.1, 0.15) is 59.6 Å². The van der Waals surface area contributed by atoms with Gasteiger partial charge in [0.15, 0.2) is 0 Å². The molecule has 26 heavy (non-hydrogen) atoms. The number of thiazole rings is 1. The molecular weight excluding hydrogens is 342 g/mol. The molecule has 2 aromatic rings. The van der Waals surface area contributed by atoms with Crippen molar-refractivity contribution in [2.45, 2.75) is 44.9 Å². The van der Waals surface area contributed by atoms with Gasteiger partial charge in [0.2, 0.25) is 0 Å². The van der Waals surface area contributed by atoms with Crippen molar-refractivity contribution in [2.24, 2.45) is 0 Å². The monoisotopic (exact) mass is 371 g/mol. The third kappa shape index (κ3) is 6.22. The van der Waals surface area contributed by atoms with Gasteiger partial charge in [-0.3, -0.25) is 4.79 Å². The molecule has 0 bridgehead atoms. The first-order chi connectivity index (χ1) is 12.8. The van der Waals surface area contributed by atoms with Crippen LogP contribution in [0.5, 0.6) is 0 Å². The number of nitrogens with one attached hydrogen (secondary N) is 1. The molecule has 4 nitrogen and oxygen atoms in total. The summed E-state index contributed by atoms with van der Waals surface area (Å²) in [6.07, 6.45) is 8.34. The van der Waals surface area contributed by atoms with Gasteiger partial charge in [0, 0.05) is 18.3 Å². The molecule has 0 saturated carbocycles. The van der Waals surface area contributed by atoms with Crippen molar-refractivity contribution in [3.8, 4) is 0 Å². The summed E-state index contributed by atoms with van der Waals surface area (Å²) in [5.41, 5.74) is 1.77. The van der Waals surface area contributed by atoms with E-state index in [2.05, 4.69) is 27.3 Å². The first-order valence-electron chi connectivity index (χ1n) is 9.80. The smallest absolute Gasteiger partial charge is 0.270 e. The van der Waals surface area contributed by atoms with Gasteiger partial charge in [-0.1, -0.05) is 43.2 Å². The van der Waals surface area contributed by atoms with Crippen LogP contribution in [-0.4, -0.2) is 42.0 Å². The molecule has 3 rings (SSSR count). The number of likely N-dealkylation sites (tertiary alicyclic amines) is 1. The molecule has 140 valence electrons. The van der Waals surface area contributed by atoms with Gasteiger partial charge in [-0.05, 0) is 50.9 Å². The van der Waals surface area contributed by atoms with Crippen LogP contribution in [0, 0.1) is 0 Å². The van der Waals surface area contributed by atoms with Crippen molar-refractivity contribution in [3.63, 3.8) is 0 Å². The lowest BCUT2D eigenvalue weighted by Gasteiger charge is -2.26. The van der Waals surface area contributed by atoms with Gasteiger partial charge in [0.05, 0.1) is 5.01 Å². The molecule has 0 radical (unpaired) electrons. The topological polar surface area (TPSA) is 45.2 Å². The Bertz CT molecular complexity index is 665. The quantitative estimate of drug-likeness (QED) is 0.675. The number of aromatic nitrogens is 1. The number of carbonyl (C=O) groups is 1. The summed E-state index contributed by atoms with van der Waals surface area (Å²) in [6, 6.07) is 10.2. The number of nitrogens with zero attached hydrogens (tertiary/aromatic N) is 2. The van der Waals surface area contributed by atoms with E-state index in [0.717, 1.165) is 24.4 Å². The molecule has 0 spiro atoms. The molecule has 1 aliphatic heterocycles. The molecule has 1 aliphatic rings. The van der Waals surface area contributed by atoms with Crippen LogP contribution < -0.4 is 5.32 Å². The third-order valence-corrected chi connectivity index (χ3v) is 5.72. The SMILES string of the molecule is O=C(NCCCCCN1CCCCC1)c1csc(Cc2ccccc2)n1. The Labute approximate surface area is 160 Å². The predicted molar refractivity (Wildman–Crippen MR) is 108 cm³/mol. The van der Waals surface area contributed by atoms with E-state index < -0.39 is 0 Å². The van der Waals surface area contributed by atoms with Crippen molar-refractivity contribution in [1.29, 1.82) is 0 Å². The summed E-state index contributed by atoms with van der Waals surface area (Å²) >= 11 is 1.56. The predicted octanol–water partition coefficient (Wildman–Crippen LogP) is 4.12. The van der Waals surface area contributed by atoms with Crippen molar-refractivity contribution in [2.75, 3.05) is 26.2 Å². The number of unbranched alkanes of at least 4 members (excludes halogenated alkanes) is 2. The second kappa shape index (κ2) is 10.4. The third-order valence-electron chi connectivity index (χ3n) is 4.87. The first kappa shape index (κ1) is 19.1. The molecule has 1 saturated heterocycles.